The van der Waals surface area contributed by atoms with Crippen LogP contribution in [0, 0.1) is 5.92 Å². The summed E-state index contributed by atoms with van der Waals surface area (Å²) in [5, 5.41) is 0. The molecule has 2 rings (SSSR count). The smallest absolute Gasteiger partial charge is 0.404 e. The minimum atomic E-state index is -0.667. The Kier molecular flexibility index (Phi) is 4.20. The molecule has 1 heterocycles. The number of rotatable bonds is 4. The first-order chi connectivity index (χ1) is 8.69. The number of benzene rings is 1. The first kappa shape index (κ1) is 12.9. The molecule has 1 saturated heterocycles. The third-order valence-electron chi connectivity index (χ3n) is 3.50. The molecule has 1 aliphatic rings. The molecule has 0 radical (unpaired) electrons. The maximum atomic E-state index is 10.9. The number of nitrogens with zero attached hydrogens (tertiary/aromatic N) is 1. The average Bonchev–Trinajstić information content (AvgIpc) is 2.71. The van der Waals surface area contributed by atoms with Gasteiger partial charge in [-0.3, -0.25) is 4.90 Å². The predicted molar refractivity (Wildman–Crippen MR) is 70.0 cm³/mol. The van der Waals surface area contributed by atoms with Crippen LogP contribution in [0.3, 0.4) is 0 Å². The Balaban J connectivity index is 1.94. The van der Waals surface area contributed by atoms with Gasteiger partial charge in [-0.05, 0) is 12.0 Å². The van der Waals surface area contributed by atoms with E-state index in [9.17, 15) is 4.79 Å². The van der Waals surface area contributed by atoms with E-state index in [2.05, 4.69) is 24.0 Å². The molecule has 0 spiro atoms. The van der Waals surface area contributed by atoms with Crippen LogP contribution in [0.25, 0.3) is 0 Å². The zero-order valence-corrected chi connectivity index (χ0v) is 10.7. The Bertz CT molecular complexity index is 394. The quantitative estimate of drug-likeness (QED) is 0.886. The number of carbonyl (C=O) groups excluding carboxylic acids is 1. The van der Waals surface area contributed by atoms with Gasteiger partial charge in [-0.1, -0.05) is 37.3 Å². The summed E-state index contributed by atoms with van der Waals surface area (Å²) < 4.78 is 5.18. The lowest BCUT2D eigenvalue weighted by Gasteiger charge is -2.15. The van der Waals surface area contributed by atoms with Crippen LogP contribution >= 0.6 is 0 Å². The molecule has 0 saturated carbocycles. The first-order valence-corrected chi connectivity index (χ1v) is 6.41. The van der Waals surface area contributed by atoms with Crippen LogP contribution in [0.2, 0.25) is 0 Å². The highest BCUT2D eigenvalue weighted by Gasteiger charge is 2.33. The van der Waals surface area contributed by atoms with E-state index in [0.717, 1.165) is 26.1 Å². The molecule has 2 N–H and O–H groups in total. The van der Waals surface area contributed by atoms with Gasteiger partial charge in [0.2, 0.25) is 0 Å². The largest absolute Gasteiger partial charge is 0.445 e. The molecule has 1 aromatic rings. The van der Waals surface area contributed by atoms with Crippen molar-refractivity contribution in [2.24, 2.45) is 11.7 Å². The van der Waals surface area contributed by atoms with Crippen LogP contribution in [0.1, 0.15) is 18.9 Å². The molecule has 0 aromatic heterocycles. The van der Waals surface area contributed by atoms with E-state index in [1.807, 2.05) is 18.2 Å². The van der Waals surface area contributed by atoms with Crippen LogP contribution < -0.4 is 5.73 Å². The van der Waals surface area contributed by atoms with Gasteiger partial charge in [-0.15, -0.1) is 0 Å². The van der Waals surface area contributed by atoms with Gasteiger partial charge in [-0.25, -0.2) is 4.79 Å². The van der Waals surface area contributed by atoms with E-state index in [1.54, 1.807) is 0 Å². The second-order valence-electron chi connectivity index (χ2n) is 4.82. The van der Waals surface area contributed by atoms with Crippen LogP contribution in [-0.4, -0.2) is 30.2 Å². The van der Waals surface area contributed by atoms with Crippen LogP contribution in [0.15, 0.2) is 30.3 Å². The van der Waals surface area contributed by atoms with Crippen molar-refractivity contribution in [1.82, 2.24) is 4.90 Å². The highest BCUT2D eigenvalue weighted by molar-refractivity contribution is 5.64. The van der Waals surface area contributed by atoms with Crippen molar-refractivity contribution < 1.29 is 9.53 Å². The van der Waals surface area contributed by atoms with Crippen molar-refractivity contribution in [2.75, 3.05) is 13.1 Å². The molecule has 18 heavy (non-hydrogen) atoms. The molecular weight excluding hydrogens is 228 g/mol. The van der Waals surface area contributed by atoms with E-state index in [0.29, 0.717) is 5.92 Å². The molecule has 98 valence electrons. The number of hydrogen-bond donors (Lipinski definition) is 1. The summed E-state index contributed by atoms with van der Waals surface area (Å²) in [4.78, 5) is 13.2. The number of nitrogens with two attached hydrogens (primary N) is 1. The molecule has 1 aromatic carbocycles. The molecule has 0 bridgehead atoms. The maximum absolute atomic E-state index is 10.9. The number of ether oxygens (including phenoxy) is 1. The van der Waals surface area contributed by atoms with Crippen molar-refractivity contribution in [3.8, 4) is 0 Å². The SMILES string of the molecule is CC[C@H]1CN(Cc2ccccc2)C[C@H]1OC(N)=O. The Hall–Kier alpha value is -1.55. The van der Waals surface area contributed by atoms with Gasteiger partial charge in [0.05, 0.1) is 0 Å². The van der Waals surface area contributed by atoms with Gasteiger partial charge in [0, 0.05) is 25.6 Å². The van der Waals surface area contributed by atoms with Gasteiger partial charge in [0.25, 0.3) is 0 Å². The molecule has 1 aliphatic heterocycles. The van der Waals surface area contributed by atoms with Crippen molar-refractivity contribution in [3.05, 3.63) is 35.9 Å². The third kappa shape index (κ3) is 3.23. The van der Waals surface area contributed by atoms with Crippen LogP contribution in [0.4, 0.5) is 4.79 Å². The molecule has 0 unspecified atom stereocenters. The van der Waals surface area contributed by atoms with Gasteiger partial charge in [-0.2, -0.15) is 0 Å². The van der Waals surface area contributed by atoms with Crippen LogP contribution in [0.5, 0.6) is 0 Å². The number of carbonyl (C=O) groups is 1. The van der Waals surface area contributed by atoms with E-state index in [4.69, 9.17) is 10.5 Å². The second kappa shape index (κ2) is 5.87. The molecule has 1 amide bonds. The topological polar surface area (TPSA) is 55.6 Å². The summed E-state index contributed by atoms with van der Waals surface area (Å²) in [6.07, 6.45) is 0.277. The third-order valence-corrected chi connectivity index (χ3v) is 3.50. The summed E-state index contributed by atoms with van der Waals surface area (Å²) >= 11 is 0. The molecular formula is C14H20N2O2. The summed E-state index contributed by atoms with van der Waals surface area (Å²) in [5.41, 5.74) is 6.39. The lowest BCUT2D eigenvalue weighted by molar-refractivity contribution is 0.0877. The minimum absolute atomic E-state index is 0.0591. The normalized spacial score (nSPS) is 24.1. The molecule has 4 heteroatoms. The molecule has 4 nitrogen and oxygen atoms in total. The van der Waals surface area contributed by atoms with Gasteiger partial charge >= 0.3 is 6.09 Å². The number of primary amides is 1. The number of amides is 1. The van der Waals surface area contributed by atoms with E-state index in [1.165, 1.54) is 5.56 Å². The standard InChI is InChI=1S/C14H20N2O2/c1-2-12-9-16(10-13(12)18-14(15)17)8-11-6-4-3-5-7-11/h3-7,12-13H,2,8-10H2,1H3,(H2,15,17)/t12-,13+/m0/s1. The predicted octanol–water partition coefficient (Wildman–Crippen LogP) is 1.99. The zero-order valence-electron chi connectivity index (χ0n) is 10.7. The van der Waals surface area contributed by atoms with Crippen molar-refractivity contribution >= 4 is 6.09 Å². The Labute approximate surface area is 108 Å². The zero-order chi connectivity index (χ0) is 13.0. The number of hydrogen-bond acceptors (Lipinski definition) is 3. The first-order valence-electron chi connectivity index (χ1n) is 6.41. The van der Waals surface area contributed by atoms with Gasteiger partial charge in [0.15, 0.2) is 0 Å². The molecule has 1 fully saturated rings. The maximum Gasteiger partial charge on any atom is 0.404 e. The van der Waals surface area contributed by atoms with Gasteiger partial charge < -0.3 is 10.5 Å². The molecule has 2 atom stereocenters. The minimum Gasteiger partial charge on any atom is -0.445 e. The lowest BCUT2D eigenvalue weighted by Crippen LogP contribution is -2.29. The fourth-order valence-corrected chi connectivity index (χ4v) is 2.57. The highest BCUT2D eigenvalue weighted by atomic mass is 16.6. The van der Waals surface area contributed by atoms with E-state index in [-0.39, 0.29) is 6.10 Å². The fraction of sp³-hybridized carbons (Fsp3) is 0.500. The lowest BCUT2D eigenvalue weighted by atomic mass is 10.0. The highest BCUT2D eigenvalue weighted by Crippen LogP contribution is 2.24. The van der Waals surface area contributed by atoms with Crippen molar-refractivity contribution in [3.63, 3.8) is 0 Å². The average molecular weight is 248 g/mol. The Morgan fingerprint density at radius 2 is 2.11 bits per heavy atom. The second-order valence-corrected chi connectivity index (χ2v) is 4.82. The van der Waals surface area contributed by atoms with Crippen LogP contribution in [-0.2, 0) is 11.3 Å². The van der Waals surface area contributed by atoms with Crippen molar-refractivity contribution in [2.45, 2.75) is 26.0 Å². The Morgan fingerprint density at radius 3 is 2.72 bits per heavy atom. The summed E-state index contributed by atoms with van der Waals surface area (Å²) in [7, 11) is 0. The van der Waals surface area contributed by atoms with Crippen molar-refractivity contribution in [1.29, 1.82) is 0 Å². The summed E-state index contributed by atoms with van der Waals surface area (Å²) in [6.45, 7) is 4.75. The fourth-order valence-electron chi connectivity index (χ4n) is 2.57. The summed E-state index contributed by atoms with van der Waals surface area (Å²) in [5.74, 6) is 0.390. The van der Waals surface area contributed by atoms with E-state index < -0.39 is 6.09 Å². The molecule has 0 aliphatic carbocycles. The Morgan fingerprint density at radius 1 is 1.39 bits per heavy atom. The van der Waals surface area contributed by atoms with E-state index >= 15 is 0 Å². The summed E-state index contributed by atoms with van der Waals surface area (Å²) in [6, 6.07) is 10.3. The number of likely N-dealkylation sites (tertiary alicyclic amines) is 1. The monoisotopic (exact) mass is 248 g/mol. The van der Waals surface area contributed by atoms with Gasteiger partial charge in [0.1, 0.15) is 6.10 Å².